The molecule has 5 aromatic carbocycles. The number of epoxide rings is 1. The van der Waals surface area contributed by atoms with Crippen LogP contribution in [0.5, 0.6) is 17.2 Å². The van der Waals surface area contributed by atoms with E-state index in [1.54, 1.807) is 41.3 Å². The van der Waals surface area contributed by atoms with Gasteiger partial charge >= 0.3 is 0 Å². The van der Waals surface area contributed by atoms with Crippen LogP contribution < -0.4 is 19.3 Å². The van der Waals surface area contributed by atoms with Crippen LogP contribution in [0.1, 0.15) is 23.1 Å². The number of amides is 3. The van der Waals surface area contributed by atoms with E-state index in [0.29, 0.717) is 22.9 Å². The molecule has 0 bridgehead atoms. The van der Waals surface area contributed by atoms with Crippen LogP contribution in [0.4, 0.5) is 11.4 Å². The van der Waals surface area contributed by atoms with Crippen LogP contribution in [0.25, 0.3) is 11.1 Å². The van der Waals surface area contributed by atoms with Gasteiger partial charge in [-0.15, -0.1) is 0 Å². The van der Waals surface area contributed by atoms with E-state index in [1.807, 2.05) is 42.5 Å². The third-order valence-corrected chi connectivity index (χ3v) is 10.8. The number of rotatable bonds is 8. The summed E-state index contributed by atoms with van der Waals surface area (Å²) in [6.45, 7) is 0. The summed E-state index contributed by atoms with van der Waals surface area (Å²) in [4.78, 5) is 39.5. The molecule has 3 amide bonds. The smallest absolute Gasteiger partial charge is 0.258 e. The lowest BCUT2D eigenvalue weighted by atomic mass is 9.62. The van der Waals surface area contributed by atoms with Crippen LogP contribution in [-0.2, 0) is 24.5 Å². The van der Waals surface area contributed by atoms with Crippen LogP contribution in [0.2, 0.25) is 0 Å². The molecule has 3 heterocycles. The molecule has 5 aliphatic rings. The maximum Gasteiger partial charge on any atom is 0.258 e. The molecule has 8 nitrogen and oxygen atoms in total. The lowest BCUT2D eigenvalue weighted by Crippen LogP contribution is -2.35. The summed E-state index contributed by atoms with van der Waals surface area (Å²) in [5.41, 5.74) is 6.90. The lowest BCUT2D eigenvalue weighted by molar-refractivity contribution is -0.120. The normalized spacial score (nSPS) is 21.4. The fourth-order valence-electron chi connectivity index (χ4n) is 8.36. The first-order valence-electron chi connectivity index (χ1n) is 17.9. The van der Waals surface area contributed by atoms with Gasteiger partial charge in [-0.2, -0.15) is 0 Å². The second kappa shape index (κ2) is 12.4. The van der Waals surface area contributed by atoms with Crippen LogP contribution in [0, 0.1) is 5.92 Å². The van der Waals surface area contributed by atoms with Gasteiger partial charge < -0.3 is 14.2 Å². The number of carbonyl (C=O) groups is 3. The van der Waals surface area contributed by atoms with Crippen molar-refractivity contribution in [1.29, 1.82) is 0 Å². The van der Waals surface area contributed by atoms with Crippen molar-refractivity contribution < 1.29 is 28.6 Å². The van der Waals surface area contributed by atoms with E-state index in [2.05, 4.69) is 72.8 Å². The Bertz CT molecular complexity index is 2410. The maximum atomic E-state index is 12.5. The minimum absolute atomic E-state index is 0.0275. The second-order valence-electron chi connectivity index (χ2n) is 13.8. The molecule has 3 atom stereocenters. The molecule has 10 rings (SSSR count). The summed E-state index contributed by atoms with van der Waals surface area (Å²) in [5, 5.41) is 0. The molecule has 8 heteroatoms. The predicted molar refractivity (Wildman–Crippen MR) is 204 cm³/mol. The highest BCUT2D eigenvalue weighted by Crippen LogP contribution is 2.58. The standard InChI is InChI=1S/C46H32N2O6/c49-42-27-28-43(50)47(42)31-13-21-35(22-14-31)52-33-17-9-29(10-18-33)46(39-7-3-1-5-37(39)38-6-2-4-8-40(38)46)30-11-19-34(20-12-30)53-36-23-15-32(16-24-36)48-44(51)26-25-41-45(48)54-41/h1-9,11-29,41,45H,10H2. The molecular weight excluding hydrogens is 677 g/mol. The van der Waals surface area contributed by atoms with Crippen molar-refractivity contribution in [1.82, 2.24) is 0 Å². The molecule has 1 fully saturated rings. The summed E-state index contributed by atoms with van der Waals surface area (Å²) < 4.78 is 18.2. The molecule has 262 valence electrons. The molecule has 0 spiro atoms. The molecule has 54 heavy (non-hydrogen) atoms. The van der Waals surface area contributed by atoms with Crippen LogP contribution in [0.3, 0.4) is 0 Å². The van der Waals surface area contributed by atoms with Crippen molar-refractivity contribution >= 4 is 29.1 Å². The lowest BCUT2D eigenvalue weighted by Gasteiger charge is -2.40. The van der Waals surface area contributed by atoms with Gasteiger partial charge in [0.25, 0.3) is 17.7 Å². The third-order valence-electron chi connectivity index (χ3n) is 10.8. The highest BCUT2D eigenvalue weighted by molar-refractivity contribution is 6.28. The first-order valence-corrected chi connectivity index (χ1v) is 17.9. The number of ether oxygens (including phenoxy) is 3. The highest BCUT2D eigenvalue weighted by Gasteiger charge is 2.49. The van der Waals surface area contributed by atoms with E-state index < -0.39 is 5.41 Å². The zero-order valence-corrected chi connectivity index (χ0v) is 28.9. The molecule has 1 saturated heterocycles. The number of hydrogen-bond acceptors (Lipinski definition) is 6. The summed E-state index contributed by atoms with van der Waals surface area (Å²) in [7, 11) is 0. The van der Waals surface area contributed by atoms with E-state index in [-0.39, 0.29) is 36.0 Å². The topological polar surface area (TPSA) is 88.7 Å². The Labute approximate surface area is 311 Å². The van der Waals surface area contributed by atoms with Crippen molar-refractivity contribution in [2.45, 2.75) is 24.2 Å². The second-order valence-corrected chi connectivity index (χ2v) is 13.8. The van der Waals surface area contributed by atoms with Gasteiger partial charge in [0.05, 0.1) is 11.1 Å². The fraction of sp³-hybridized carbons (Fsp3) is 0.109. The molecule has 5 aromatic rings. The average Bonchev–Trinajstić information content (AvgIpc) is 3.83. The number of nitrogens with zero attached hydrogens (tertiary/aromatic N) is 2. The Balaban J connectivity index is 0.926. The van der Waals surface area contributed by atoms with E-state index >= 15 is 0 Å². The number of allylic oxidation sites excluding steroid dienone is 3. The SMILES string of the molecule is O=C1C=CC(=O)N1c1ccc(OC2=CCC(C3(c4ccc(Oc5ccc(N6C(=O)C=CC7OC76)cc5)cc4)c4ccccc4-c4ccccc43)C=C2)cc1. The molecule has 0 saturated carbocycles. The van der Waals surface area contributed by atoms with Crippen molar-refractivity contribution in [3.8, 4) is 28.4 Å². The van der Waals surface area contributed by atoms with Gasteiger partial charge in [-0.05, 0) is 119 Å². The molecule has 3 aliphatic heterocycles. The Hall–Kier alpha value is -6.77. The minimum Gasteiger partial charge on any atom is -0.458 e. The van der Waals surface area contributed by atoms with Crippen molar-refractivity contribution in [2.75, 3.05) is 9.80 Å². The number of carbonyl (C=O) groups excluding carboxylic acids is 3. The highest BCUT2D eigenvalue weighted by atomic mass is 16.6. The van der Waals surface area contributed by atoms with Crippen LogP contribution >= 0.6 is 0 Å². The van der Waals surface area contributed by atoms with Crippen LogP contribution in [0.15, 0.2) is 170 Å². The Kier molecular flexibility index (Phi) is 7.35. The van der Waals surface area contributed by atoms with Gasteiger partial charge in [0, 0.05) is 23.9 Å². The molecule has 3 unspecified atom stereocenters. The Morgan fingerprint density at radius 2 is 1.15 bits per heavy atom. The summed E-state index contributed by atoms with van der Waals surface area (Å²) in [6.07, 6.45) is 12.8. The van der Waals surface area contributed by atoms with Crippen LogP contribution in [-0.4, -0.2) is 30.1 Å². The van der Waals surface area contributed by atoms with Crippen molar-refractivity contribution in [3.05, 3.63) is 186 Å². The van der Waals surface area contributed by atoms with E-state index in [9.17, 15) is 14.4 Å². The Morgan fingerprint density at radius 1 is 0.574 bits per heavy atom. The van der Waals surface area contributed by atoms with Crippen molar-refractivity contribution in [2.24, 2.45) is 5.92 Å². The van der Waals surface area contributed by atoms with Gasteiger partial charge in [-0.1, -0.05) is 66.7 Å². The van der Waals surface area contributed by atoms with E-state index in [1.165, 1.54) is 34.4 Å². The predicted octanol–water partition coefficient (Wildman–Crippen LogP) is 8.39. The molecule has 0 aromatic heterocycles. The molecular formula is C46H32N2O6. The number of fused-ring (bicyclic) bond motifs is 4. The quantitative estimate of drug-likeness (QED) is 0.119. The zero-order chi connectivity index (χ0) is 36.4. The average molecular weight is 709 g/mol. The first kappa shape index (κ1) is 31.9. The maximum absolute atomic E-state index is 12.5. The molecule has 0 N–H and O–H groups in total. The van der Waals surface area contributed by atoms with Gasteiger partial charge in [0.2, 0.25) is 0 Å². The number of hydrogen-bond donors (Lipinski definition) is 0. The van der Waals surface area contributed by atoms with Gasteiger partial charge in [-0.3, -0.25) is 19.3 Å². The van der Waals surface area contributed by atoms with Gasteiger partial charge in [0.1, 0.15) is 29.1 Å². The molecule has 0 radical (unpaired) electrons. The summed E-state index contributed by atoms with van der Waals surface area (Å²) in [6, 6.07) is 40.2. The minimum atomic E-state index is -0.478. The number of imide groups is 1. The van der Waals surface area contributed by atoms with E-state index in [4.69, 9.17) is 14.2 Å². The molecule has 2 aliphatic carbocycles. The fourth-order valence-corrected chi connectivity index (χ4v) is 8.36. The summed E-state index contributed by atoms with van der Waals surface area (Å²) >= 11 is 0. The first-order chi connectivity index (χ1) is 26.5. The zero-order valence-electron chi connectivity index (χ0n) is 28.9. The Morgan fingerprint density at radius 3 is 1.76 bits per heavy atom. The summed E-state index contributed by atoms with van der Waals surface area (Å²) in [5.74, 6) is 1.98. The van der Waals surface area contributed by atoms with Gasteiger partial charge in [0.15, 0.2) is 6.23 Å². The number of anilines is 2. The van der Waals surface area contributed by atoms with Crippen molar-refractivity contribution in [3.63, 3.8) is 0 Å². The largest absolute Gasteiger partial charge is 0.458 e. The van der Waals surface area contributed by atoms with E-state index in [0.717, 1.165) is 28.3 Å². The number of benzene rings is 5. The van der Waals surface area contributed by atoms with Gasteiger partial charge in [-0.25, -0.2) is 4.90 Å². The monoisotopic (exact) mass is 708 g/mol. The third kappa shape index (κ3) is 5.14.